The molecule has 0 atom stereocenters. The molecule has 0 aromatic rings. The van der Waals surface area contributed by atoms with Crippen molar-refractivity contribution >= 4 is 5.78 Å². The summed E-state index contributed by atoms with van der Waals surface area (Å²) in [5.41, 5.74) is 0. The molecule has 0 aromatic carbocycles. The molecule has 2 nitrogen and oxygen atoms in total. The van der Waals surface area contributed by atoms with Crippen molar-refractivity contribution in [2.24, 2.45) is 0 Å². The molecule has 0 aliphatic heterocycles. The molecule has 0 amide bonds. The first-order valence-electron chi connectivity index (χ1n) is 3.09. The summed E-state index contributed by atoms with van der Waals surface area (Å²) in [5.74, 6) is 0.633. The van der Waals surface area contributed by atoms with E-state index in [1.807, 2.05) is 0 Å². The van der Waals surface area contributed by atoms with Crippen LogP contribution in [0.3, 0.4) is 0 Å². The average molecular weight is 140 g/mol. The molecule has 2 heteroatoms. The van der Waals surface area contributed by atoms with Crippen LogP contribution in [0.5, 0.6) is 0 Å². The third-order valence-corrected chi connectivity index (χ3v) is 0.835. The lowest BCUT2D eigenvalue weighted by Gasteiger charge is -1.99. The third-order valence-electron chi connectivity index (χ3n) is 0.835. The van der Waals surface area contributed by atoms with Gasteiger partial charge < -0.3 is 4.74 Å². The van der Waals surface area contributed by atoms with Gasteiger partial charge in [-0.25, -0.2) is 0 Å². The van der Waals surface area contributed by atoms with Crippen molar-refractivity contribution in [3.8, 4) is 0 Å². The second kappa shape index (κ2) is 4.79. The van der Waals surface area contributed by atoms with Gasteiger partial charge in [0, 0.05) is 6.08 Å². The van der Waals surface area contributed by atoms with E-state index in [-0.39, 0.29) is 5.78 Å². The molecule has 0 N–H and O–H groups in total. The van der Waals surface area contributed by atoms with E-state index in [0.29, 0.717) is 12.4 Å². The Bertz CT molecular complexity index is 157. The van der Waals surface area contributed by atoms with Crippen molar-refractivity contribution in [1.82, 2.24) is 0 Å². The van der Waals surface area contributed by atoms with Crippen molar-refractivity contribution in [2.45, 2.75) is 13.8 Å². The first kappa shape index (κ1) is 8.95. The molecule has 0 heterocycles. The predicted octanol–water partition coefficient (Wildman–Crippen LogP) is 1.68. The number of allylic oxidation sites excluding steroid dienone is 2. The molecular formula is C8H12O2. The summed E-state index contributed by atoms with van der Waals surface area (Å²) in [5, 5.41) is 0. The number of carbonyl (C=O) groups excluding carboxylic acids is 1. The molecule has 0 saturated carbocycles. The molecule has 10 heavy (non-hydrogen) atoms. The van der Waals surface area contributed by atoms with Crippen molar-refractivity contribution in [3.63, 3.8) is 0 Å². The van der Waals surface area contributed by atoms with E-state index in [1.54, 1.807) is 13.0 Å². The van der Waals surface area contributed by atoms with Crippen LogP contribution in [-0.2, 0) is 9.53 Å². The van der Waals surface area contributed by atoms with Gasteiger partial charge in [0.1, 0.15) is 6.61 Å². The Morgan fingerprint density at radius 2 is 2.20 bits per heavy atom. The van der Waals surface area contributed by atoms with Crippen molar-refractivity contribution < 1.29 is 9.53 Å². The highest BCUT2D eigenvalue weighted by Crippen LogP contribution is 1.94. The van der Waals surface area contributed by atoms with E-state index >= 15 is 0 Å². The molecule has 0 unspecified atom stereocenters. The van der Waals surface area contributed by atoms with E-state index < -0.39 is 0 Å². The Morgan fingerprint density at radius 3 is 2.60 bits per heavy atom. The van der Waals surface area contributed by atoms with Gasteiger partial charge in [-0.1, -0.05) is 12.7 Å². The molecule has 0 bridgehead atoms. The maximum absolute atomic E-state index is 10.4. The van der Waals surface area contributed by atoms with Gasteiger partial charge in [0.2, 0.25) is 0 Å². The fraction of sp³-hybridized carbons (Fsp3) is 0.375. The molecule has 0 radical (unpaired) electrons. The quantitative estimate of drug-likeness (QED) is 0.337. The number of hydrogen-bond acceptors (Lipinski definition) is 2. The minimum atomic E-state index is 0.00145. The Balaban J connectivity index is 3.70. The summed E-state index contributed by atoms with van der Waals surface area (Å²) >= 11 is 0. The van der Waals surface area contributed by atoms with E-state index in [4.69, 9.17) is 4.74 Å². The Morgan fingerprint density at radius 1 is 1.60 bits per heavy atom. The van der Waals surface area contributed by atoms with Crippen molar-refractivity contribution in [2.75, 3.05) is 6.61 Å². The fourth-order valence-corrected chi connectivity index (χ4v) is 0.518. The number of carbonyl (C=O) groups is 1. The van der Waals surface area contributed by atoms with Crippen LogP contribution < -0.4 is 0 Å². The summed E-state index contributed by atoms with van der Waals surface area (Å²) in [6.45, 7) is 7.16. The standard InChI is InChI=1S/C8H12O2/c1-4-5-10-8(3)6-7(2)9/h4,6H,1,5H2,2-3H3/b8-6+. The lowest BCUT2D eigenvalue weighted by Crippen LogP contribution is -1.91. The highest BCUT2D eigenvalue weighted by atomic mass is 16.5. The number of rotatable bonds is 4. The highest BCUT2D eigenvalue weighted by Gasteiger charge is 1.89. The van der Waals surface area contributed by atoms with Crippen LogP contribution in [0.4, 0.5) is 0 Å². The fourth-order valence-electron chi connectivity index (χ4n) is 0.518. The predicted molar refractivity (Wildman–Crippen MR) is 40.6 cm³/mol. The highest BCUT2D eigenvalue weighted by molar-refractivity contribution is 5.87. The largest absolute Gasteiger partial charge is 0.494 e. The minimum Gasteiger partial charge on any atom is -0.494 e. The smallest absolute Gasteiger partial charge is 0.155 e. The molecule has 0 aliphatic rings. The van der Waals surface area contributed by atoms with E-state index in [1.165, 1.54) is 13.0 Å². The second-order valence-electron chi connectivity index (χ2n) is 1.97. The minimum absolute atomic E-state index is 0.00145. The molecule has 0 fully saturated rings. The normalized spacial score (nSPS) is 10.8. The number of hydrogen-bond donors (Lipinski definition) is 0. The van der Waals surface area contributed by atoms with Gasteiger partial charge >= 0.3 is 0 Å². The summed E-state index contributed by atoms with van der Waals surface area (Å²) in [4.78, 5) is 10.4. The Hall–Kier alpha value is -1.05. The third kappa shape index (κ3) is 5.09. The second-order valence-corrected chi connectivity index (χ2v) is 1.97. The van der Waals surface area contributed by atoms with Crippen LogP contribution in [0.15, 0.2) is 24.5 Å². The van der Waals surface area contributed by atoms with E-state index in [9.17, 15) is 4.79 Å². The van der Waals surface area contributed by atoms with Crippen molar-refractivity contribution in [1.29, 1.82) is 0 Å². The number of ketones is 1. The zero-order valence-electron chi connectivity index (χ0n) is 6.39. The van der Waals surface area contributed by atoms with E-state index in [0.717, 1.165) is 0 Å². The first-order valence-corrected chi connectivity index (χ1v) is 3.09. The molecule has 0 saturated heterocycles. The van der Waals surface area contributed by atoms with E-state index in [2.05, 4.69) is 6.58 Å². The van der Waals surface area contributed by atoms with Gasteiger partial charge in [-0.2, -0.15) is 0 Å². The van der Waals surface area contributed by atoms with Crippen molar-refractivity contribution in [3.05, 3.63) is 24.5 Å². The molecule has 0 spiro atoms. The summed E-state index contributed by atoms with van der Waals surface area (Å²) < 4.78 is 5.02. The lowest BCUT2D eigenvalue weighted by molar-refractivity contribution is -0.112. The van der Waals surface area contributed by atoms with Crippen LogP contribution in [-0.4, -0.2) is 12.4 Å². The molecule has 56 valence electrons. The van der Waals surface area contributed by atoms with Crippen LogP contribution in [0, 0.1) is 0 Å². The number of ether oxygens (including phenoxy) is 1. The first-order chi connectivity index (χ1) is 4.66. The maximum Gasteiger partial charge on any atom is 0.155 e. The summed E-state index contributed by atoms with van der Waals surface area (Å²) in [7, 11) is 0. The van der Waals surface area contributed by atoms with Crippen LogP contribution in [0.2, 0.25) is 0 Å². The maximum atomic E-state index is 10.4. The molecule has 0 aromatic heterocycles. The van der Waals surface area contributed by atoms with Gasteiger partial charge in [-0.15, -0.1) is 0 Å². The topological polar surface area (TPSA) is 26.3 Å². The summed E-state index contributed by atoms with van der Waals surface area (Å²) in [6.07, 6.45) is 3.08. The summed E-state index contributed by atoms with van der Waals surface area (Å²) in [6, 6.07) is 0. The van der Waals surface area contributed by atoms with Gasteiger partial charge in [0.25, 0.3) is 0 Å². The average Bonchev–Trinajstić information content (AvgIpc) is 1.82. The monoisotopic (exact) mass is 140 g/mol. The van der Waals surface area contributed by atoms with Crippen LogP contribution in [0.1, 0.15) is 13.8 Å². The molecule has 0 rings (SSSR count). The molecular weight excluding hydrogens is 128 g/mol. The zero-order chi connectivity index (χ0) is 7.98. The van der Waals surface area contributed by atoms with Gasteiger partial charge in [-0.3, -0.25) is 4.79 Å². The molecule has 0 aliphatic carbocycles. The lowest BCUT2D eigenvalue weighted by atomic mass is 10.4. The Labute approximate surface area is 61.2 Å². The van der Waals surface area contributed by atoms with Crippen LogP contribution in [0.25, 0.3) is 0 Å². The zero-order valence-corrected chi connectivity index (χ0v) is 6.39. The van der Waals surface area contributed by atoms with Gasteiger partial charge in [0.15, 0.2) is 5.78 Å². The van der Waals surface area contributed by atoms with Crippen LogP contribution >= 0.6 is 0 Å². The van der Waals surface area contributed by atoms with Gasteiger partial charge in [0.05, 0.1) is 5.76 Å². The Kier molecular flexibility index (Phi) is 4.29. The SMILES string of the molecule is C=CCO/C(C)=C/C(C)=O. The van der Waals surface area contributed by atoms with Gasteiger partial charge in [-0.05, 0) is 13.8 Å².